The third-order valence-electron chi connectivity index (χ3n) is 3.76. The average molecular weight is 331 g/mol. The molecule has 1 aromatic carbocycles. The van der Waals surface area contributed by atoms with Crippen LogP contribution in [-0.4, -0.2) is 33.6 Å². The number of pyridine rings is 1. The van der Waals surface area contributed by atoms with Gasteiger partial charge >= 0.3 is 0 Å². The highest BCUT2D eigenvalue weighted by molar-refractivity contribution is 6.07. The number of hydrogen-bond donors (Lipinski definition) is 2. The molecule has 0 aliphatic rings. The summed E-state index contributed by atoms with van der Waals surface area (Å²) in [5, 5.41) is 23.8. The number of aliphatic hydroxyl groups is 1. The second-order valence-corrected chi connectivity index (χ2v) is 6.69. The van der Waals surface area contributed by atoms with Gasteiger partial charge < -0.3 is 10.4 Å². The van der Waals surface area contributed by atoms with Crippen molar-refractivity contribution < 1.29 is 14.8 Å². The monoisotopic (exact) mass is 331 g/mol. The maximum absolute atomic E-state index is 12.5. The van der Waals surface area contributed by atoms with Crippen LogP contribution in [0, 0.1) is 15.5 Å². The second kappa shape index (κ2) is 6.92. The molecule has 1 amide bonds. The Labute approximate surface area is 139 Å². The molecule has 7 heteroatoms. The number of amides is 1. The van der Waals surface area contributed by atoms with E-state index >= 15 is 0 Å². The van der Waals surface area contributed by atoms with Gasteiger partial charge in [-0.2, -0.15) is 0 Å². The number of hydrogen-bond acceptors (Lipinski definition) is 5. The lowest BCUT2D eigenvalue weighted by Crippen LogP contribution is -2.35. The fraction of sp³-hybridized carbons (Fsp3) is 0.412. The van der Waals surface area contributed by atoms with Gasteiger partial charge in [-0.3, -0.25) is 19.9 Å². The Hall–Kier alpha value is -2.54. The van der Waals surface area contributed by atoms with Crippen molar-refractivity contribution in [3.63, 3.8) is 0 Å². The van der Waals surface area contributed by atoms with Crippen molar-refractivity contribution in [2.24, 2.45) is 5.41 Å². The first-order valence-electron chi connectivity index (χ1n) is 7.70. The Morgan fingerprint density at radius 1 is 1.42 bits per heavy atom. The Bertz CT molecular complexity index is 772. The summed E-state index contributed by atoms with van der Waals surface area (Å²) < 4.78 is 0. The topological polar surface area (TPSA) is 105 Å². The van der Waals surface area contributed by atoms with E-state index in [4.69, 9.17) is 0 Å². The minimum absolute atomic E-state index is 0.0796. The van der Waals surface area contributed by atoms with Crippen LogP contribution in [0.25, 0.3) is 10.9 Å². The van der Waals surface area contributed by atoms with Gasteiger partial charge in [-0.05, 0) is 37.0 Å². The molecule has 1 atom stereocenters. The van der Waals surface area contributed by atoms with Crippen LogP contribution in [0.3, 0.4) is 0 Å². The quantitative estimate of drug-likeness (QED) is 0.625. The highest BCUT2D eigenvalue weighted by Gasteiger charge is 2.23. The van der Waals surface area contributed by atoms with Gasteiger partial charge in [-0.15, -0.1) is 0 Å². The van der Waals surface area contributed by atoms with Crippen LogP contribution in [0.2, 0.25) is 0 Å². The zero-order valence-electron chi connectivity index (χ0n) is 13.9. The molecule has 2 N–H and O–H groups in total. The maximum Gasteiger partial charge on any atom is 0.278 e. The molecule has 128 valence electrons. The lowest BCUT2D eigenvalue weighted by atomic mass is 9.87. The first-order valence-corrected chi connectivity index (χ1v) is 7.70. The molecule has 0 radical (unpaired) electrons. The van der Waals surface area contributed by atoms with Crippen LogP contribution in [0.15, 0.2) is 30.5 Å². The van der Waals surface area contributed by atoms with Gasteiger partial charge in [0.15, 0.2) is 0 Å². The molecular weight excluding hydrogens is 310 g/mol. The number of nitrogens with zero attached hydrogens (tertiary/aromatic N) is 2. The van der Waals surface area contributed by atoms with Crippen LogP contribution in [0.5, 0.6) is 0 Å². The molecule has 0 saturated carbocycles. The molecule has 0 fully saturated rings. The number of aliphatic hydroxyl groups excluding tert-OH is 1. The van der Waals surface area contributed by atoms with E-state index in [-0.39, 0.29) is 17.0 Å². The van der Waals surface area contributed by atoms with E-state index in [1.54, 1.807) is 19.1 Å². The third kappa shape index (κ3) is 4.05. The molecule has 2 aromatic rings. The van der Waals surface area contributed by atoms with Gasteiger partial charge in [0.2, 0.25) is 0 Å². The Morgan fingerprint density at radius 3 is 2.75 bits per heavy atom. The van der Waals surface area contributed by atoms with E-state index in [1.165, 1.54) is 18.3 Å². The molecule has 0 bridgehead atoms. The van der Waals surface area contributed by atoms with Crippen molar-refractivity contribution in [1.82, 2.24) is 10.3 Å². The third-order valence-corrected chi connectivity index (χ3v) is 3.76. The minimum Gasteiger partial charge on any atom is -0.393 e. The van der Waals surface area contributed by atoms with Crippen LogP contribution >= 0.6 is 0 Å². The number of rotatable bonds is 6. The first kappa shape index (κ1) is 17.8. The maximum atomic E-state index is 12.5. The molecule has 0 aliphatic carbocycles. The summed E-state index contributed by atoms with van der Waals surface area (Å²) >= 11 is 0. The fourth-order valence-electron chi connectivity index (χ4n) is 2.79. The van der Waals surface area contributed by atoms with Gasteiger partial charge in [0, 0.05) is 18.8 Å². The van der Waals surface area contributed by atoms with Crippen molar-refractivity contribution in [2.45, 2.75) is 33.3 Å². The highest BCUT2D eigenvalue weighted by Crippen LogP contribution is 2.27. The summed E-state index contributed by atoms with van der Waals surface area (Å²) in [6, 6.07) is 5.92. The summed E-state index contributed by atoms with van der Waals surface area (Å²) in [5.74, 6) is -0.340. The van der Waals surface area contributed by atoms with E-state index in [9.17, 15) is 20.0 Å². The van der Waals surface area contributed by atoms with Gasteiger partial charge in [0.05, 0.1) is 27.5 Å². The average Bonchev–Trinajstić information content (AvgIpc) is 2.50. The van der Waals surface area contributed by atoms with E-state index in [1.807, 2.05) is 13.8 Å². The zero-order chi connectivity index (χ0) is 17.9. The zero-order valence-corrected chi connectivity index (χ0v) is 13.9. The molecular formula is C17H21N3O4. The number of benzene rings is 1. The largest absolute Gasteiger partial charge is 0.393 e. The van der Waals surface area contributed by atoms with Crippen LogP contribution < -0.4 is 5.32 Å². The van der Waals surface area contributed by atoms with Crippen LogP contribution in [0.4, 0.5) is 5.69 Å². The van der Waals surface area contributed by atoms with Crippen LogP contribution in [-0.2, 0) is 0 Å². The number of nitro groups is 1. The standard InChI is InChI=1S/C17H21N3O4/c1-11(21)9-17(2,3)10-19-16(22)13-6-7-14(20(23)24)12-5-4-8-18-15(12)13/h4-8,11,21H,9-10H2,1-3H3,(H,19,22). The summed E-state index contributed by atoms with van der Waals surface area (Å²) in [5.41, 5.74) is 0.249. The van der Waals surface area contributed by atoms with E-state index in [2.05, 4.69) is 10.3 Å². The molecule has 0 aliphatic heterocycles. The number of fused-ring (bicyclic) bond motifs is 1. The molecule has 1 heterocycles. The van der Waals surface area contributed by atoms with Crippen molar-refractivity contribution in [2.75, 3.05) is 6.54 Å². The molecule has 24 heavy (non-hydrogen) atoms. The lowest BCUT2D eigenvalue weighted by molar-refractivity contribution is -0.383. The summed E-state index contributed by atoms with van der Waals surface area (Å²) in [6.07, 6.45) is 1.59. The Balaban J connectivity index is 2.28. The van der Waals surface area contributed by atoms with Gasteiger partial charge in [-0.1, -0.05) is 13.8 Å². The normalized spacial score (nSPS) is 12.8. The summed E-state index contributed by atoms with van der Waals surface area (Å²) in [6.45, 7) is 5.98. The van der Waals surface area contributed by atoms with Gasteiger partial charge in [0.25, 0.3) is 11.6 Å². The molecule has 1 unspecified atom stereocenters. The number of carbonyl (C=O) groups excluding carboxylic acids is 1. The SMILES string of the molecule is CC(O)CC(C)(C)CNC(=O)c1ccc([N+](=O)[O-])c2cccnc12. The van der Waals surface area contributed by atoms with Gasteiger partial charge in [-0.25, -0.2) is 0 Å². The molecule has 2 rings (SSSR count). The van der Waals surface area contributed by atoms with Crippen LogP contribution in [0.1, 0.15) is 37.6 Å². The molecule has 7 nitrogen and oxygen atoms in total. The Morgan fingerprint density at radius 2 is 2.12 bits per heavy atom. The number of nitrogens with one attached hydrogen (secondary N) is 1. The van der Waals surface area contributed by atoms with E-state index < -0.39 is 11.0 Å². The van der Waals surface area contributed by atoms with Crippen molar-refractivity contribution in [3.05, 3.63) is 46.1 Å². The minimum atomic E-state index is -0.489. The first-order chi connectivity index (χ1) is 11.2. The lowest BCUT2D eigenvalue weighted by Gasteiger charge is -2.26. The summed E-state index contributed by atoms with van der Waals surface area (Å²) in [7, 11) is 0. The molecule has 0 spiro atoms. The van der Waals surface area contributed by atoms with Crippen molar-refractivity contribution >= 4 is 22.5 Å². The van der Waals surface area contributed by atoms with E-state index in [0.29, 0.717) is 29.4 Å². The van der Waals surface area contributed by atoms with Crippen molar-refractivity contribution in [3.8, 4) is 0 Å². The number of carbonyl (C=O) groups is 1. The fourth-order valence-corrected chi connectivity index (χ4v) is 2.79. The second-order valence-electron chi connectivity index (χ2n) is 6.69. The smallest absolute Gasteiger partial charge is 0.278 e. The van der Waals surface area contributed by atoms with Crippen molar-refractivity contribution in [1.29, 1.82) is 0 Å². The molecule has 1 aromatic heterocycles. The predicted octanol–water partition coefficient (Wildman–Crippen LogP) is 2.67. The number of nitro benzene ring substituents is 1. The number of non-ortho nitro benzene ring substituents is 1. The molecule has 0 saturated heterocycles. The number of aromatic nitrogens is 1. The summed E-state index contributed by atoms with van der Waals surface area (Å²) in [4.78, 5) is 27.2. The van der Waals surface area contributed by atoms with E-state index in [0.717, 1.165) is 0 Å². The van der Waals surface area contributed by atoms with Gasteiger partial charge in [0.1, 0.15) is 0 Å². The predicted molar refractivity (Wildman–Crippen MR) is 90.8 cm³/mol. The Kier molecular flexibility index (Phi) is 5.14. The highest BCUT2D eigenvalue weighted by atomic mass is 16.6.